The molecule has 0 atom stereocenters. The fraction of sp³-hybridized carbons (Fsp3) is 0.143. The van der Waals surface area contributed by atoms with Gasteiger partial charge in [0.2, 0.25) is 5.95 Å². The lowest BCUT2D eigenvalue weighted by Gasteiger charge is -1.96. The molecule has 56 valence electrons. The molecule has 0 spiro atoms. The van der Waals surface area contributed by atoms with Gasteiger partial charge in [-0.2, -0.15) is 9.49 Å². The van der Waals surface area contributed by atoms with Crippen LogP contribution >= 0.6 is 0 Å². The van der Waals surface area contributed by atoms with Gasteiger partial charge in [-0.3, -0.25) is 0 Å². The Bertz CT molecular complexity index is 393. The van der Waals surface area contributed by atoms with Gasteiger partial charge in [0, 0.05) is 17.8 Å². The van der Waals surface area contributed by atoms with Crippen molar-refractivity contribution in [1.82, 2.24) is 14.6 Å². The lowest BCUT2D eigenvalue weighted by atomic mass is 10.4. The lowest BCUT2D eigenvalue weighted by Crippen LogP contribution is -1.96. The fourth-order valence-electron chi connectivity index (χ4n) is 1.03. The highest BCUT2D eigenvalue weighted by molar-refractivity contribution is 5.36. The Morgan fingerprint density at radius 1 is 1.55 bits per heavy atom. The zero-order valence-electron chi connectivity index (χ0n) is 5.95. The van der Waals surface area contributed by atoms with Crippen LogP contribution in [0.25, 0.3) is 5.65 Å². The maximum atomic E-state index is 12.6. The molecule has 0 saturated heterocycles. The third-order valence-corrected chi connectivity index (χ3v) is 1.51. The first-order chi connectivity index (χ1) is 5.27. The van der Waals surface area contributed by atoms with E-state index in [1.54, 1.807) is 23.7 Å². The number of aromatic nitrogens is 3. The third kappa shape index (κ3) is 0.869. The molecule has 0 amide bonds. The van der Waals surface area contributed by atoms with E-state index in [-0.39, 0.29) is 0 Å². The van der Waals surface area contributed by atoms with E-state index < -0.39 is 5.95 Å². The molecular formula is C7H6FN3. The van der Waals surface area contributed by atoms with Crippen LogP contribution in [0.3, 0.4) is 0 Å². The number of hydrogen-bond acceptors (Lipinski definition) is 2. The first kappa shape index (κ1) is 6.27. The van der Waals surface area contributed by atoms with Gasteiger partial charge in [0.05, 0.1) is 6.20 Å². The molecule has 2 aromatic heterocycles. The van der Waals surface area contributed by atoms with Crippen LogP contribution in [0.4, 0.5) is 4.39 Å². The zero-order chi connectivity index (χ0) is 7.84. The molecule has 11 heavy (non-hydrogen) atoms. The molecule has 0 aliphatic carbocycles. The number of hydrogen-bond donors (Lipinski definition) is 0. The van der Waals surface area contributed by atoms with E-state index >= 15 is 0 Å². The largest absolute Gasteiger partial charge is 0.220 e. The van der Waals surface area contributed by atoms with Crippen LogP contribution in [0.15, 0.2) is 18.3 Å². The van der Waals surface area contributed by atoms with Crippen molar-refractivity contribution in [2.75, 3.05) is 0 Å². The molecular weight excluding hydrogens is 145 g/mol. The Morgan fingerprint density at radius 3 is 3.18 bits per heavy atom. The minimum absolute atomic E-state index is 0.463. The molecule has 0 aromatic carbocycles. The Balaban J connectivity index is 2.91. The van der Waals surface area contributed by atoms with E-state index in [1.807, 2.05) is 0 Å². The average molecular weight is 151 g/mol. The standard InChI is InChI=1S/C7H6FN3/c1-5-4-6(8)10-7-2-3-9-11(5)7/h2-4H,1H3. The molecule has 0 unspecified atom stereocenters. The number of halogens is 1. The van der Waals surface area contributed by atoms with E-state index in [0.29, 0.717) is 5.65 Å². The van der Waals surface area contributed by atoms with E-state index in [0.717, 1.165) is 5.69 Å². The van der Waals surface area contributed by atoms with Crippen molar-refractivity contribution >= 4 is 5.65 Å². The molecule has 0 saturated carbocycles. The summed E-state index contributed by atoms with van der Waals surface area (Å²) in [5, 5.41) is 3.95. The van der Waals surface area contributed by atoms with Crippen LogP contribution in [-0.4, -0.2) is 14.6 Å². The second kappa shape index (κ2) is 2.02. The number of nitrogens with zero attached hydrogens (tertiary/aromatic N) is 3. The zero-order valence-corrected chi connectivity index (χ0v) is 5.95. The molecule has 0 radical (unpaired) electrons. The lowest BCUT2D eigenvalue weighted by molar-refractivity contribution is 0.579. The van der Waals surface area contributed by atoms with Gasteiger partial charge in [0.25, 0.3) is 0 Å². The van der Waals surface area contributed by atoms with Gasteiger partial charge >= 0.3 is 0 Å². The van der Waals surface area contributed by atoms with Crippen molar-refractivity contribution in [2.24, 2.45) is 0 Å². The minimum Gasteiger partial charge on any atom is -0.220 e. The highest BCUT2D eigenvalue weighted by Crippen LogP contribution is 2.03. The van der Waals surface area contributed by atoms with Gasteiger partial charge in [0.15, 0.2) is 5.65 Å². The summed E-state index contributed by atoms with van der Waals surface area (Å²) in [6.07, 6.45) is 1.59. The van der Waals surface area contributed by atoms with Gasteiger partial charge in [-0.1, -0.05) is 0 Å². The molecule has 0 bridgehead atoms. The maximum absolute atomic E-state index is 12.6. The Labute approximate surface area is 62.5 Å². The molecule has 0 N–H and O–H groups in total. The third-order valence-electron chi connectivity index (χ3n) is 1.51. The van der Waals surface area contributed by atoms with Crippen LogP contribution in [0.2, 0.25) is 0 Å². The molecule has 2 aromatic rings. The quantitative estimate of drug-likeness (QED) is 0.529. The van der Waals surface area contributed by atoms with Crippen LogP contribution in [0.1, 0.15) is 5.69 Å². The summed E-state index contributed by atoms with van der Waals surface area (Å²) >= 11 is 0. The van der Waals surface area contributed by atoms with Crippen molar-refractivity contribution < 1.29 is 4.39 Å². The molecule has 2 rings (SSSR count). The number of rotatable bonds is 0. The summed E-state index contributed by atoms with van der Waals surface area (Å²) in [6.45, 7) is 1.78. The molecule has 3 nitrogen and oxygen atoms in total. The van der Waals surface area contributed by atoms with Crippen LogP contribution in [0.5, 0.6) is 0 Å². The molecule has 0 fully saturated rings. The predicted octanol–water partition coefficient (Wildman–Crippen LogP) is 1.18. The van der Waals surface area contributed by atoms with Gasteiger partial charge < -0.3 is 0 Å². The van der Waals surface area contributed by atoms with E-state index in [4.69, 9.17) is 0 Å². The van der Waals surface area contributed by atoms with Gasteiger partial charge in [-0.25, -0.2) is 9.50 Å². The fourth-order valence-corrected chi connectivity index (χ4v) is 1.03. The van der Waals surface area contributed by atoms with Crippen molar-refractivity contribution in [3.8, 4) is 0 Å². The Morgan fingerprint density at radius 2 is 2.36 bits per heavy atom. The van der Waals surface area contributed by atoms with Gasteiger partial charge in [0.1, 0.15) is 0 Å². The van der Waals surface area contributed by atoms with E-state index in [9.17, 15) is 4.39 Å². The Hall–Kier alpha value is -1.45. The van der Waals surface area contributed by atoms with Crippen molar-refractivity contribution in [1.29, 1.82) is 0 Å². The first-order valence-electron chi connectivity index (χ1n) is 3.24. The predicted molar refractivity (Wildman–Crippen MR) is 37.7 cm³/mol. The summed E-state index contributed by atoms with van der Waals surface area (Å²) in [5.41, 5.74) is 1.29. The molecule has 0 aliphatic heterocycles. The maximum Gasteiger partial charge on any atom is 0.216 e. The molecule has 2 heterocycles. The number of fused-ring (bicyclic) bond motifs is 1. The smallest absolute Gasteiger partial charge is 0.216 e. The van der Waals surface area contributed by atoms with Crippen molar-refractivity contribution in [3.05, 3.63) is 30.0 Å². The number of aryl methyl sites for hydroxylation is 1. The highest BCUT2D eigenvalue weighted by atomic mass is 19.1. The summed E-state index contributed by atoms with van der Waals surface area (Å²) in [5.74, 6) is -0.463. The SMILES string of the molecule is Cc1cc(F)nc2ccnn12. The first-order valence-corrected chi connectivity index (χ1v) is 3.24. The molecule has 4 heteroatoms. The topological polar surface area (TPSA) is 30.2 Å². The summed E-state index contributed by atoms with van der Waals surface area (Å²) in [4.78, 5) is 3.63. The Kier molecular flexibility index (Phi) is 1.15. The van der Waals surface area contributed by atoms with Crippen molar-refractivity contribution in [3.63, 3.8) is 0 Å². The van der Waals surface area contributed by atoms with Crippen LogP contribution < -0.4 is 0 Å². The van der Waals surface area contributed by atoms with E-state index in [2.05, 4.69) is 10.1 Å². The molecule has 0 aliphatic rings. The monoisotopic (exact) mass is 151 g/mol. The summed E-state index contributed by atoms with van der Waals surface area (Å²) < 4.78 is 14.2. The normalized spacial score (nSPS) is 10.7. The summed E-state index contributed by atoms with van der Waals surface area (Å²) in [7, 11) is 0. The van der Waals surface area contributed by atoms with Crippen LogP contribution in [-0.2, 0) is 0 Å². The minimum atomic E-state index is -0.463. The summed E-state index contributed by atoms with van der Waals surface area (Å²) in [6, 6.07) is 3.01. The van der Waals surface area contributed by atoms with Gasteiger partial charge in [-0.15, -0.1) is 0 Å². The van der Waals surface area contributed by atoms with E-state index in [1.165, 1.54) is 6.07 Å². The second-order valence-electron chi connectivity index (χ2n) is 2.32. The average Bonchev–Trinajstić information content (AvgIpc) is 2.34. The highest BCUT2D eigenvalue weighted by Gasteiger charge is 2.00. The second-order valence-corrected chi connectivity index (χ2v) is 2.32. The van der Waals surface area contributed by atoms with Crippen molar-refractivity contribution in [2.45, 2.75) is 6.92 Å². The van der Waals surface area contributed by atoms with Gasteiger partial charge in [-0.05, 0) is 6.92 Å². The van der Waals surface area contributed by atoms with Crippen LogP contribution in [0, 0.1) is 12.9 Å².